The van der Waals surface area contributed by atoms with Gasteiger partial charge in [-0.1, -0.05) is 26.0 Å². The topological polar surface area (TPSA) is 227 Å². The maximum Gasteiger partial charge on any atom is 0.407 e. The van der Waals surface area contributed by atoms with Crippen molar-refractivity contribution >= 4 is 35.8 Å². The molecule has 0 aromatic heterocycles. The van der Waals surface area contributed by atoms with Crippen LogP contribution >= 0.6 is 0 Å². The Morgan fingerprint density at radius 3 is 1.89 bits per heavy atom. The smallest absolute Gasteiger partial charge is 0.407 e. The van der Waals surface area contributed by atoms with Crippen molar-refractivity contribution in [2.75, 3.05) is 77.8 Å². The molecule has 17 heteroatoms. The predicted octanol–water partition coefficient (Wildman–Crippen LogP) is 2.28. The van der Waals surface area contributed by atoms with Gasteiger partial charge in [-0.15, -0.1) is 11.8 Å². The van der Waals surface area contributed by atoms with Gasteiger partial charge in [-0.2, -0.15) is 0 Å². The lowest BCUT2D eigenvalue weighted by Gasteiger charge is -2.23. The highest BCUT2D eigenvalue weighted by Crippen LogP contribution is 2.52. The molecule has 3 rings (SSSR count). The molecular weight excluding hydrogens is 716 g/mol. The summed E-state index contributed by atoms with van der Waals surface area (Å²) in [5.74, 6) is 6.63. The van der Waals surface area contributed by atoms with Crippen LogP contribution in [0.25, 0.3) is 0 Å². The molecule has 55 heavy (non-hydrogen) atoms. The van der Waals surface area contributed by atoms with Crippen molar-refractivity contribution < 1.29 is 52.4 Å². The minimum atomic E-state index is -0.967. The van der Waals surface area contributed by atoms with Crippen molar-refractivity contribution in [3.05, 3.63) is 29.8 Å². The minimum absolute atomic E-state index is 0.0209. The number of rotatable bonds is 24. The van der Waals surface area contributed by atoms with E-state index < -0.39 is 42.2 Å². The zero-order valence-electron chi connectivity index (χ0n) is 32.2. The number of hydrogen-bond donors (Lipinski definition) is 6. The number of nitrogens with one attached hydrogen (secondary N) is 5. The Morgan fingerprint density at radius 2 is 1.29 bits per heavy atom. The highest BCUT2D eigenvalue weighted by molar-refractivity contribution is 5.98. The summed E-state index contributed by atoms with van der Waals surface area (Å²) in [5.41, 5.74) is 6.51. The van der Waals surface area contributed by atoms with Gasteiger partial charge in [-0.25, -0.2) is 14.4 Å². The molecule has 306 valence electrons. The third-order valence-electron chi connectivity index (χ3n) is 8.94. The third kappa shape index (κ3) is 18.0. The molecule has 5 amide bonds. The van der Waals surface area contributed by atoms with E-state index in [1.165, 1.54) is 6.92 Å². The van der Waals surface area contributed by atoms with Crippen molar-refractivity contribution in [3.63, 3.8) is 0 Å². The van der Waals surface area contributed by atoms with Gasteiger partial charge in [0.25, 0.3) is 0 Å². The summed E-state index contributed by atoms with van der Waals surface area (Å²) in [4.78, 5) is 62.2. The second-order valence-electron chi connectivity index (χ2n) is 13.5. The van der Waals surface area contributed by atoms with Crippen LogP contribution in [-0.2, 0) is 44.6 Å². The monoisotopic (exact) mass is 774 g/mol. The first-order valence-corrected chi connectivity index (χ1v) is 18.9. The van der Waals surface area contributed by atoms with Gasteiger partial charge < -0.3 is 60.7 Å². The number of amides is 5. The molecule has 0 aliphatic heterocycles. The van der Waals surface area contributed by atoms with Crippen molar-refractivity contribution in [2.24, 2.45) is 29.4 Å². The first-order chi connectivity index (χ1) is 26.6. The molecule has 0 radical (unpaired) electrons. The van der Waals surface area contributed by atoms with Crippen LogP contribution in [0, 0.1) is 35.5 Å². The summed E-state index contributed by atoms with van der Waals surface area (Å²) in [7, 11) is 0. The molecule has 2 aliphatic carbocycles. The van der Waals surface area contributed by atoms with Crippen LogP contribution in [0.2, 0.25) is 0 Å². The molecule has 1 saturated carbocycles. The molecule has 1 aromatic carbocycles. The van der Waals surface area contributed by atoms with E-state index in [-0.39, 0.29) is 45.4 Å². The quantitative estimate of drug-likeness (QED) is 0.0506. The number of nitrogens with two attached hydrogens (primary N) is 1. The first kappa shape index (κ1) is 44.8. The molecule has 0 bridgehead atoms. The molecule has 0 saturated heterocycles. The van der Waals surface area contributed by atoms with Gasteiger partial charge in [0.15, 0.2) is 0 Å². The Balaban J connectivity index is 1.23. The van der Waals surface area contributed by atoms with Gasteiger partial charge in [-0.3, -0.25) is 9.59 Å². The zero-order chi connectivity index (χ0) is 39.8. The van der Waals surface area contributed by atoms with E-state index in [0.717, 1.165) is 25.7 Å². The molecule has 17 nitrogen and oxygen atoms in total. The second-order valence-corrected chi connectivity index (χ2v) is 13.5. The highest BCUT2D eigenvalue weighted by Gasteiger charge is 2.49. The lowest BCUT2D eigenvalue weighted by molar-refractivity contribution is -0.128. The van der Waals surface area contributed by atoms with Crippen LogP contribution in [-0.4, -0.2) is 115 Å². The van der Waals surface area contributed by atoms with Crippen molar-refractivity contribution in [2.45, 2.75) is 65.1 Å². The lowest BCUT2D eigenvalue weighted by atomic mass is 10.0. The number of alkyl carbamates (subject to hydrolysis) is 3. The fourth-order valence-corrected chi connectivity index (χ4v) is 5.86. The third-order valence-corrected chi connectivity index (χ3v) is 8.94. The maximum atomic E-state index is 13.0. The van der Waals surface area contributed by atoms with Gasteiger partial charge in [0.05, 0.1) is 46.2 Å². The van der Waals surface area contributed by atoms with E-state index in [1.807, 2.05) is 0 Å². The van der Waals surface area contributed by atoms with Crippen LogP contribution in [0.3, 0.4) is 0 Å². The number of carbonyl (C=O) groups excluding carboxylic acids is 5. The Morgan fingerprint density at radius 1 is 0.709 bits per heavy atom. The van der Waals surface area contributed by atoms with Crippen LogP contribution in [0.5, 0.6) is 0 Å². The average molecular weight is 775 g/mol. The summed E-state index contributed by atoms with van der Waals surface area (Å²) in [6.45, 7) is 8.24. The molecule has 0 spiro atoms. The molecule has 7 N–H and O–H groups in total. The summed E-state index contributed by atoms with van der Waals surface area (Å²) in [6.07, 6.45) is 2.06. The Bertz CT molecular complexity index is 1400. The van der Waals surface area contributed by atoms with Crippen molar-refractivity contribution in [3.8, 4) is 11.8 Å². The highest BCUT2D eigenvalue weighted by atomic mass is 16.6. The number of anilines is 1. The van der Waals surface area contributed by atoms with Crippen molar-refractivity contribution in [1.29, 1.82) is 0 Å². The summed E-state index contributed by atoms with van der Waals surface area (Å²) in [5, 5.41) is 13.1. The number of hydrogen-bond acceptors (Lipinski definition) is 12. The second kappa shape index (κ2) is 25.4. The van der Waals surface area contributed by atoms with E-state index in [0.29, 0.717) is 68.6 Å². The molecule has 0 unspecified atom stereocenters. The Hall–Kier alpha value is -4.63. The predicted molar refractivity (Wildman–Crippen MR) is 202 cm³/mol. The number of carbonyl (C=O) groups is 5. The van der Waals surface area contributed by atoms with E-state index in [1.54, 1.807) is 38.1 Å². The van der Waals surface area contributed by atoms with Gasteiger partial charge in [0, 0.05) is 38.2 Å². The summed E-state index contributed by atoms with van der Waals surface area (Å²) < 4.78 is 31.7. The van der Waals surface area contributed by atoms with E-state index in [2.05, 4.69) is 38.4 Å². The SMILES string of the molecule is CC(C)[C@H](NC(=O)OCCOCCNC(=O)OC[C@@H]1[C@@H]2CCC#CCC[C@@H]21)C(=O)N[C@@H](C)C(=O)Nc1ccc(COC(=O)NCCOCCOCCN)cc1. The molecular formula is C38H58N6O11. The molecule has 2 aliphatic rings. The minimum Gasteiger partial charge on any atom is -0.449 e. The van der Waals surface area contributed by atoms with Crippen LogP contribution in [0.4, 0.5) is 20.1 Å². The fourth-order valence-electron chi connectivity index (χ4n) is 5.86. The van der Waals surface area contributed by atoms with Gasteiger partial charge in [0.2, 0.25) is 11.8 Å². The molecule has 0 heterocycles. The van der Waals surface area contributed by atoms with E-state index >= 15 is 0 Å². The average Bonchev–Trinajstić information content (AvgIpc) is 3.81. The van der Waals surface area contributed by atoms with E-state index in [4.69, 9.17) is 34.2 Å². The fraction of sp³-hybridized carbons (Fsp3) is 0.658. The zero-order valence-corrected chi connectivity index (χ0v) is 32.2. The van der Waals surface area contributed by atoms with Crippen molar-refractivity contribution in [1.82, 2.24) is 21.3 Å². The molecule has 5 atom stereocenters. The first-order valence-electron chi connectivity index (χ1n) is 18.9. The Labute approximate surface area is 323 Å². The summed E-state index contributed by atoms with van der Waals surface area (Å²) >= 11 is 0. The van der Waals surface area contributed by atoms with Gasteiger partial charge in [0.1, 0.15) is 25.3 Å². The molecule has 1 aromatic rings. The van der Waals surface area contributed by atoms with Crippen LogP contribution in [0.1, 0.15) is 52.0 Å². The maximum absolute atomic E-state index is 13.0. The van der Waals surface area contributed by atoms with Gasteiger partial charge >= 0.3 is 18.3 Å². The number of fused-ring (bicyclic) bond motifs is 1. The number of benzene rings is 1. The standard InChI is InChI=1S/C38H58N6O11/c1-26(2)33(44-38(49)53-23-22-52-19-16-41-37(48)55-25-32-30-8-6-4-5-7-9-31(30)32)35(46)42-27(3)34(45)43-29-12-10-28(11-13-29)24-54-36(47)40-15-18-51-21-20-50-17-14-39/h10-13,26-27,30-33H,6-9,14-25,39H2,1-3H3,(H,40,47)(H,41,48)(H,42,46)(H,43,45)(H,44,49)/t27-,30-,31+,32-,33-/m0/s1. The lowest BCUT2D eigenvalue weighted by Crippen LogP contribution is -2.53. The van der Waals surface area contributed by atoms with Crippen LogP contribution < -0.4 is 32.3 Å². The largest absolute Gasteiger partial charge is 0.449 e. The number of ether oxygens (including phenoxy) is 6. The summed E-state index contributed by atoms with van der Waals surface area (Å²) in [6, 6.07) is 4.78. The van der Waals surface area contributed by atoms with Gasteiger partial charge in [-0.05, 0) is 61.1 Å². The van der Waals surface area contributed by atoms with Crippen LogP contribution in [0.15, 0.2) is 24.3 Å². The normalized spacial score (nSPS) is 18.1. The van der Waals surface area contributed by atoms with E-state index in [9.17, 15) is 24.0 Å². The molecule has 1 fully saturated rings. The Kier molecular flexibility index (Phi) is 20.7.